The summed E-state index contributed by atoms with van der Waals surface area (Å²) in [6.45, 7) is 7.21. The van der Waals surface area contributed by atoms with Gasteiger partial charge >= 0.3 is 5.97 Å². The van der Waals surface area contributed by atoms with Crippen LogP contribution in [0.4, 0.5) is 0 Å². The number of morpholine rings is 1. The molecule has 0 N–H and O–H groups in total. The van der Waals surface area contributed by atoms with E-state index in [0.717, 1.165) is 0 Å². The fourth-order valence-electron chi connectivity index (χ4n) is 1.98. The number of carbonyl (C=O) groups is 2. The Labute approximate surface area is 102 Å². The lowest BCUT2D eigenvalue weighted by Gasteiger charge is -2.35. The van der Waals surface area contributed by atoms with Crippen LogP contribution in [0, 0.1) is 0 Å². The molecule has 17 heavy (non-hydrogen) atoms. The summed E-state index contributed by atoms with van der Waals surface area (Å²) in [7, 11) is 0. The van der Waals surface area contributed by atoms with Crippen molar-refractivity contribution in [2.45, 2.75) is 45.8 Å². The van der Waals surface area contributed by atoms with Gasteiger partial charge in [0.1, 0.15) is 0 Å². The molecule has 5 heteroatoms. The van der Waals surface area contributed by atoms with E-state index in [9.17, 15) is 9.59 Å². The van der Waals surface area contributed by atoms with Crippen LogP contribution in [-0.4, -0.2) is 48.7 Å². The van der Waals surface area contributed by atoms with Crippen molar-refractivity contribution in [1.29, 1.82) is 0 Å². The molecule has 5 nitrogen and oxygen atoms in total. The third kappa shape index (κ3) is 4.73. The average molecular weight is 243 g/mol. The van der Waals surface area contributed by atoms with Crippen molar-refractivity contribution in [1.82, 2.24) is 4.90 Å². The first-order valence-corrected chi connectivity index (χ1v) is 6.11. The molecule has 1 aliphatic heterocycles. The molecule has 0 aromatic heterocycles. The molecule has 1 saturated heterocycles. The van der Waals surface area contributed by atoms with Crippen LogP contribution >= 0.6 is 0 Å². The number of hydrogen-bond acceptors (Lipinski definition) is 4. The molecule has 1 aliphatic rings. The van der Waals surface area contributed by atoms with Crippen LogP contribution in [0.15, 0.2) is 0 Å². The second-order valence-electron chi connectivity index (χ2n) is 4.36. The van der Waals surface area contributed by atoms with E-state index in [-0.39, 0.29) is 36.9 Å². The van der Waals surface area contributed by atoms with Crippen LogP contribution < -0.4 is 0 Å². The predicted octanol–water partition coefficient (Wildman–Crippen LogP) is 0.965. The zero-order valence-electron chi connectivity index (χ0n) is 10.8. The Balaban J connectivity index is 2.34. The SMILES string of the molecule is CCOC(=O)CCC(=O)N1C[C@@H](C)O[C@H](C)C1. The molecule has 0 unspecified atom stereocenters. The minimum atomic E-state index is -0.310. The number of amides is 1. The topological polar surface area (TPSA) is 55.8 Å². The molecule has 0 aromatic rings. The Morgan fingerprint density at radius 2 is 1.82 bits per heavy atom. The van der Waals surface area contributed by atoms with E-state index in [1.54, 1.807) is 11.8 Å². The molecule has 1 heterocycles. The third-order valence-electron chi connectivity index (χ3n) is 2.62. The fraction of sp³-hybridized carbons (Fsp3) is 0.833. The monoisotopic (exact) mass is 243 g/mol. The van der Waals surface area contributed by atoms with Gasteiger partial charge in [-0.3, -0.25) is 9.59 Å². The third-order valence-corrected chi connectivity index (χ3v) is 2.62. The molecule has 0 spiro atoms. The van der Waals surface area contributed by atoms with Crippen molar-refractivity contribution in [2.24, 2.45) is 0 Å². The largest absolute Gasteiger partial charge is 0.466 e. The number of esters is 1. The van der Waals surface area contributed by atoms with E-state index in [1.165, 1.54) is 0 Å². The van der Waals surface area contributed by atoms with Gasteiger partial charge in [-0.05, 0) is 20.8 Å². The molecule has 0 bridgehead atoms. The van der Waals surface area contributed by atoms with E-state index in [2.05, 4.69) is 0 Å². The first-order chi connectivity index (χ1) is 8.02. The highest BCUT2D eigenvalue weighted by Gasteiger charge is 2.25. The Kier molecular flexibility index (Phi) is 5.41. The van der Waals surface area contributed by atoms with Gasteiger partial charge in [0.05, 0.1) is 25.2 Å². The summed E-state index contributed by atoms with van der Waals surface area (Å²) in [5.41, 5.74) is 0. The summed E-state index contributed by atoms with van der Waals surface area (Å²) in [5.74, 6) is -0.310. The first kappa shape index (κ1) is 14.0. The van der Waals surface area contributed by atoms with Crippen molar-refractivity contribution < 1.29 is 19.1 Å². The van der Waals surface area contributed by atoms with Crippen molar-refractivity contribution in [3.05, 3.63) is 0 Å². The molecule has 0 aliphatic carbocycles. The highest BCUT2D eigenvalue weighted by atomic mass is 16.5. The smallest absolute Gasteiger partial charge is 0.306 e. The van der Waals surface area contributed by atoms with Crippen molar-refractivity contribution in [3.8, 4) is 0 Å². The Bertz CT molecular complexity index is 270. The van der Waals surface area contributed by atoms with Crippen molar-refractivity contribution in [3.63, 3.8) is 0 Å². The van der Waals surface area contributed by atoms with E-state index in [1.807, 2.05) is 13.8 Å². The summed E-state index contributed by atoms with van der Waals surface area (Å²) < 4.78 is 10.3. The summed E-state index contributed by atoms with van der Waals surface area (Å²) in [5, 5.41) is 0. The van der Waals surface area contributed by atoms with Crippen LogP contribution in [0.5, 0.6) is 0 Å². The standard InChI is InChI=1S/C12H21NO4/c1-4-16-12(15)6-5-11(14)13-7-9(2)17-10(3)8-13/h9-10H,4-8H2,1-3H3/t9-,10-/m1/s1. The van der Waals surface area contributed by atoms with Crippen LogP contribution in [0.2, 0.25) is 0 Å². The van der Waals surface area contributed by atoms with Gasteiger partial charge in [0, 0.05) is 19.5 Å². The maximum Gasteiger partial charge on any atom is 0.306 e. The zero-order valence-corrected chi connectivity index (χ0v) is 10.8. The Morgan fingerprint density at radius 3 is 2.35 bits per heavy atom. The van der Waals surface area contributed by atoms with Gasteiger partial charge in [-0.25, -0.2) is 0 Å². The van der Waals surface area contributed by atoms with E-state index >= 15 is 0 Å². The van der Waals surface area contributed by atoms with E-state index < -0.39 is 0 Å². The molecule has 0 saturated carbocycles. The average Bonchev–Trinajstić information content (AvgIpc) is 2.25. The second-order valence-corrected chi connectivity index (χ2v) is 4.36. The molecule has 98 valence electrons. The lowest BCUT2D eigenvalue weighted by atomic mass is 10.2. The maximum atomic E-state index is 11.9. The number of ether oxygens (including phenoxy) is 2. The minimum Gasteiger partial charge on any atom is -0.466 e. The maximum absolute atomic E-state index is 11.9. The highest BCUT2D eigenvalue weighted by Crippen LogP contribution is 2.12. The van der Waals surface area contributed by atoms with E-state index in [0.29, 0.717) is 19.7 Å². The Morgan fingerprint density at radius 1 is 1.24 bits per heavy atom. The van der Waals surface area contributed by atoms with Crippen LogP contribution in [-0.2, 0) is 19.1 Å². The number of nitrogens with zero attached hydrogens (tertiary/aromatic N) is 1. The number of rotatable bonds is 4. The normalized spacial score (nSPS) is 24.5. The van der Waals surface area contributed by atoms with Crippen molar-refractivity contribution >= 4 is 11.9 Å². The summed E-state index contributed by atoms with van der Waals surface area (Å²) in [6, 6.07) is 0. The predicted molar refractivity (Wildman–Crippen MR) is 62.5 cm³/mol. The quantitative estimate of drug-likeness (QED) is 0.690. The van der Waals surface area contributed by atoms with Crippen molar-refractivity contribution in [2.75, 3.05) is 19.7 Å². The van der Waals surface area contributed by atoms with Gasteiger partial charge in [0.2, 0.25) is 5.91 Å². The lowest BCUT2D eigenvalue weighted by molar-refractivity contribution is -0.149. The molecule has 2 atom stereocenters. The molecule has 0 aromatic carbocycles. The second kappa shape index (κ2) is 6.59. The van der Waals surface area contributed by atoms with Gasteiger partial charge in [-0.2, -0.15) is 0 Å². The van der Waals surface area contributed by atoms with Gasteiger partial charge in [0.15, 0.2) is 0 Å². The van der Waals surface area contributed by atoms with Gasteiger partial charge in [-0.1, -0.05) is 0 Å². The molecular formula is C12H21NO4. The zero-order chi connectivity index (χ0) is 12.8. The summed E-state index contributed by atoms with van der Waals surface area (Å²) in [4.78, 5) is 24.8. The van der Waals surface area contributed by atoms with Gasteiger partial charge < -0.3 is 14.4 Å². The Hall–Kier alpha value is -1.10. The molecule has 1 rings (SSSR count). The number of hydrogen-bond donors (Lipinski definition) is 0. The molecule has 1 amide bonds. The van der Waals surface area contributed by atoms with Gasteiger partial charge in [0.25, 0.3) is 0 Å². The van der Waals surface area contributed by atoms with Gasteiger partial charge in [-0.15, -0.1) is 0 Å². The highest BCUT2D eigenvalue weighted by molar-refractivity contribution is 5.81. The molecule has 0 radical (unpaired) electrons. The van der Waals surface area contributed by atoms with Crippen LogP contribution in [0.3, 0.4) is 0 Å². The minimum absolute atomic E-state index is 0.0000491. The van der Waals surface area contributed by atoms with Crippen LogP contribution in [0.25, 0.3) is 0 Å². The first-order valence-electron chi connectivity index (χ1n) is 6.11. The van der Waals surface area contributed by atoms with Crippen LogP contribution in [0.1, 0.15) is 33.6 Å². The number of carbonyl (C=O) groups excluding carboxylic acids is 2. The lowest BCUT2D eigenvalue weighted by Crippen LogP contribution is -2.48. The van der Waals surface area contributed by atoms with E-state index in [4.69, 9.17) is 9.47 Å². The fourth-order valence-corrected chi connectivity index (χ4v) is 1.98. The molecular weight excluding hydrogens is 222 g/mol. The summed E-state index contributed by atoms with van der Waals surface area (Å²) in [6.07, 6.45) is 0.501. The summed E-state index contributed by atoms with van der Waals surface area (Å²) >= 11 is 0. The molecule has 1 fully saturated rings.